The van der Waals surface area contributed by atoms with Crippen molar-refractivity contribution in [3.63, 3.8) is 0 Å². The van der Waals surface area contributed by atoms with E-state index in [1.165, 1.54) is 12.1 Å². The number of hydrogen-bond donors (Lipinski definition) is 0. The molecule has 0 bridgehead atoms. The monoisotopic (exact) mass is 368 g/mol. The topological polar surface area (TPSA) is 44.9 Å². The minimum absolute atomic E-state index is 0.104. The van der Waals surface area contributed by atoms with Gasteiger partial charge in [0.15, 0.2) is 0 Å². The molecule has 1 aromatic heterocycles. The Labute approximate surface area is 161 Å². The minimum atomic E-state index is -0.215. The fourth-order valence-electron chi connectivity index (χ4n) is 4.22. The van der Waals surface area contributed by atoms with Crippen LogP contribution in [0.1, 0.15) is 57.3 Å². The van der Waals surface area contributed by atoms with Gasteiger partial charge in [-0.05, 0) is 49.8 Å². The van der Waals surface area contributed by atoms with Crippen molar-refractivity contribution in [1.82, 2.24) is 14.5 Å². The van der Waals surface area contributed by atoms with E-state index in [1.807, 2.05) is 24.7 Å². The van der Waals surface area contributed by atoms with Crippen molar-refractivity contribution in [2.45, 2.75) is 52.6 Å². The molecule has 27 heavy (non-hydrogen) atoms. The molecule has 0 N–H and O–H groups in total. The Morgan fingerprint density at radius 1 is 1.19 bits per heavy atom. The molecular formula is C22H29FN4. The standard InChI is InChI=1S/C22H29FN4/c1-17(2)12-22(15-24)8-10-26(11-9-22)14-21-13-25-16-27(21)18(3)19-4-6-20(23)7-5-19/h4-7,13,16-18H,8-12,14H2,1-3H3. The maximum atomic E-state index is 13.2. The van der Waals surface area contributed by atoms with Crippen molar-refractivity contribution < 1.29 is 4.39 Å². The third-order valence-corrected chi connectivity index (χ3v) is 5.75. The maximum Gasteiger partial charge on any atom is 0.123 e. The molecule has 1 saturated heterocycles. The van der Waals surface area contributed by atoms with Crippen LogP contribution in [0.2, 0.25) is 0 Å². The van der Waals surface area contributed by atoms with Crippen LogP contribution < -0.4 is 0 Å². The van der Waals surface area contributed by atoms with E-state index in [9.17, 15) is 9.65 Å². The van der Waals surface area contributed by atoms with Crippen molar-refractivity contribution in [3.8, 4) is 6.07 Å². The fourth-order valence-corrected chi connectivity index (χ4v) is 4.22. The lowest BCUT2D eigenvalue weighted by molar-refractivity contribution is 0.119. The molecule has 4 nitrogen and oxygen atoms in total. The second-order valence-electron chi connectivity index (χ2n) is 8.29. The molecule has 1 unspecified atom stereocenters. The number of imidazole rings is 1. The Balaban J connectivity index is 1.66. The Kier molecular flexibility index (Phi) is 5.96. The van der Waals surface area contributed by atoms with Crippen molar-refractivity contribution in [1.29, 1.82) is 5.26 Å². The average molecular weight is 369 g/mol. The number of aromatic nitrogens is 2. The molecule has 144 valence electrons. The lowest BCUT2D eigenvalue weighted by Crippen LogP contribution is -2.40. The maximum absolute atomic E-state index is 13.2. The van der Waals surface area contributed by atoms with Crippen LogP contribution in [0.4, 0.5) is 4.39 Å². The van der Waals surface area contributed by atoms with Gasteiger partial charge in [0.2, 0.25) is 0 Å². The summed E-state index contributed by atoms with van der Waals surface area (Å²) in [5.74, 6) is 0.335. The molecule has 1 atom stereocenters. The Morgan fingerprint density at radius 2 is 1.85 bits per heavy atom. The molecule has 1 aliphatic rings. The van der Waals surface area contributed by atoms with E-state index in [1.54, 1.807) is 0 Å². The summed E-state index contributed by atoms with van der Waals surface area (Å²) in [6.07, 6.45) is 6.62. The summed E-state index contributed by atoms with van der Waals surface area (Å²) in [5, 5.41) is 9.69. The van der Waals surface area contributed by atoms with Gasteiger partial charge in [-0.2, -0.15) is 5.26 Å². The number of benzene rings is 1. The predicted molar refractivity (Wildman–Crippen MR) is 104 cm³/mol. The van der Waals surface area contributed by atoms with Gasteiger partial charge in [-0.3, -0.25) is 4.90 Å². The smallest absolute Gasteiger partial charge is 0.123 e. The second kappa shape index (κ2) is 8.22. The van der Waals surface area contributed by atoms with Crippen molar-refractivity contribution in [3.05, 3.63) is 53.9 Å². The molecule has 3 rings (SSSR count). The molecule has 0 saturated carbocycles. The first-order chi connectivity index (χ1) is 12.9. The van der Waals surface area contributed by atoms with E-state index in [0.29, 0.717) is 5.92 Å². The first-order valence-corrected chi connectivity index (χ1v) is 9.82. The number of rotatable bonds is 6. The summed E-state index contributed by atoms with van der Waals surface area (Å²) >= 11 is 0. The zero-order valence-electron chi connectivity index (χ0n) is 16.5. The molecule has 0 spiro atoms. The largest absolute Gasteiger partial charge is 0.326 e. The van der Waals surface area contributed by atoms with Gasteiger partial charge in [-0.25, -0.2) is 9.37 Å². The van der Waals surface area contributed by atoms with Gasteiger partial charge < -0.3 is 4.57 Å². The molecule has 0 radical (unpaired) electrons. The van der Waals surface area contributed by atoms with Gasteiger partial charge in [0.25, 0.3) is 0 Å². The van der Waals surface area contributed by atoms with Crippen LogP contribution in [0.15, 0.2) is 36.8 Å². The molecular weight excluding hydrogens is 339 g/mol. The summed E-state index contributed by atoms with van der Waals surface area (Å²) in [6.45, 7) is 9.21. The van der Waals surface area contributed by atoms with E-state index in [-0.39, 0.29) is 17.3 Å². The number of halogens is 1. The number of nitrogens with zero attached hydrogens (tertiary/aromatic N) is 4. The highest BCUT2D eigenvalue weighted by molar-refractivity contribution is 5.21. The van der Waals surface area contributed by atoms with Crippen LogP contribution in [0.5, 0.6) is 0 Å². The molecule has 2 heterocycles. The zero-order valence-corrected chi connectivity index (χ0v) is 16.5. The molecule has 0 aliphatic carbocycles. The molecule has 1 fully saturated rings. The summed E-state index contributed by atoms with van der Waals surface area (Å²) in [7, 11) is 0. The lowest BCUT2D eigenvalue weighted by atomic mass is 9.74. The van der Waals surface area contributed by atoms with Gasteiger partial charge in [0.1, 0.15) is 5.82 Å². The summed E-state index contributed by atoms with van der Waals surface area (Å²) in [5.41, 5.74) is 2.06. The van der Waals surface area contributed by atoms with Gasteiger partial charge in [0, 0.05) is 25.8 Å². The van der Waals surface area contributed by atoms with Gasteiger partial charge >= 0.3 is 0 Å². The third-order valence-electron chi connectivity index (χ3n) is 5.75. The quantitative estimate of drug-likeness (QED) is 0.737. The summed E-state index contributed by atoms with van der Waals surface area (Å²) in [4.78, 5) is 6.76. The van der Waals surface area contributed by atoms with E-state index in [2.05, 4.69) is 41.3 Å². The van der Waals surface area contributed by atoms with Gasteiger partial charge in [-0.1, -0.05) is 26.0 Å². The minimum Gasteiger partial charge on any atom is -0.326 e. The van der Waals surface area contributed by atoms with Crippen LogP contribution in [0.3, 0.4) is 0 Å². The lowest BCUT2D eigenvalue weighted by Gasteiger charge is -2.38. The molecule has 5 heteroatoms. The Hall–Kier alpha value is -2.19. The number of hydrogen-bond acceptors (Lipinski definition) is 3. The van der Waals surface area contributed by atoms with Gasteiger partial charge in [-0.15, -0.1) is 0 Å². The van der Waals surface area contributed by atoms with Crippen molar-refractivity contribution in [2.24, 2.45) is 11.3 Å². The average Bonchev–Trinajstić information content (AvgIpc) is 3.11. The van der Waals surface area contributed by atoms with Crippen LogP contribution in [0, 0.1) is 28.5 Å². The molecule has 2 aromatic rings. The molecule has 1 aliphatic heterocycles. The fraction of sp³-hybridized carbons (Fsp3) is 0.545. The number of likely N-dealkylation sites (tertiary alicyclic amines) is 1. The van der Waals surface area contributed by atoms with Gasteiger partial charge in [0.05, 0.1) is 29.5 Å². The van der Waals surface area contributed by atoms with E-state index in [4.69, 9.17) is 0 Å². The first-order valence-electron chi connectivity index (χ1n) is 9.82. The molecule has 0 amide bonds. The highest BCUT2D eigenvalue weighted by Crippen LogP contribution is 2.37. The molecule has 1 aromatic carbocycles. The highest BCUT2D eigenvalue weighted by Gasteiger charge is 2.35. The SMILES string of the molecule is CC(C)CC1(C#N)CCN(Cc2cncn2C(C)c2ccc(F)cc2)CC1. The van der Waals surface area contributed by atoms with Crippen LogP contribution >= 0.6 is 0 Å². The van der Waals surface area contributed by atoms with Crippen LogP contribution in [-0.4, -0.2) is 27.5 Å². The summed E-state index contributed by atoms with van der Waals surface area (Å²) < 4.78 is 15.4. The second-order valence-corrected chi connectivity index (χ2v) is 8.29. The van der Waals surface area contributed by atoms with Crippen LogP contribution in [-0.2, 0) is 6.54 Å². The van der Waals surface area contributed by atoms with E-state index >= 15 is 0 Å². The van der Waals surface area contributed by atoms with E-state index < -0.39 is 0 Å². The third kappa shape index (κ3) is 4.56. The van der Waals surface area contributed by atoms with Crippen molar-refractivity contribution in [2.75, 3.05) is 13.1 Å². The number of nitriles is 1. The number of piperidine rings is 1. The first kappa shape index (κ1) is 19.6. The van der Waals surface area contributed by atoms with Crippen LogP contribution in [0.25, 0.3) is 0 Å². The predicted octanol–water partition coefficient (Wildman–Crippen LogP) is 4.78. The highest BCUT2D eigenvalue weighted by atomic mass is 19.1. The summed E-state index contributed by atoms with van der Waals surface area (Å²) in [6, 6.07) is 9.38. The Morgan fingerprint density at radius 3 is 2.44 bits per heavy atom. The Bertz CT molecular complexity index is 779. The normalized spacial score (nSPS) is 18.4. The van der Waals surface area contributed by atoms with E-state index in [0.717, 1.165) is 50.2 Å². The van der Waals surface area contributed by atoms with Crippen molar-refractivity contribution >= 4 is 0 Å². The zero-order chi connectivity index (χ0) is 19.4.